The summed E-state index contributed by atoms with van der Waals surface area (Å²) in [6.45, 7) is -1.40. The summed E-state index contributed by atoms with van der Waals surface area (Å²) in [6, 6.07) is 8.03. The van der Waals surface area contributed by atoms with Gasteiger partial charge in [-0.15, -0.1) is 0 Å². The van der Waals surface area contributed by atoms with E-state index in [0.29, 0.717) is 10.9 Å². The van der Waals surface area contributed by atoms with Crippen LogP contribution in [0.4, 0.5) is 13.2 Å². The molecule has 1 N–H and O–H groups in total. The molecule has 100 valence electrons. The van der Waals surface area contributed by atoms with E-state index in [1.165, 1.54) is 6.07 Å². The van der Waals surface area contributed by atoms with Crippen molar-refractivity contribution in [1.29, 1.82) is 0 Å². The van der Waals surface area contributed by atoms with Gasteiger partial charge in [0.25, 0.3) is 5.91 Å². The first-order valence-electron chi connectivity index (χ1n) is 5.27. The van der Waals surface area contributed by atoms with Crippen LogP contribution in [0.3, 0.4) is 0 Å². The third-order valence-corrected chi connectivity index (χ3v) is 2.66. The predicted molar refractivity (Wildman–Crippen MR) is 65.1 cm³/mol. The number of carbonyl (C=O) groups excluding carboxylic acids is 1. The van der Waals surface area contributed by atoms with E-state index in [4.69, 9.17) is 11.6 Å². The van der Waals surface area contributed by atoms with E-state index >= 15 is 0 Å². The Morgan fingerprint density at radius 3 is 2.68 bits per heavy atom. The molecule has 2 rings (SSSR count). The van der Waals surface area contributed by atoms with Crippen molar-refractivity contribution in [3.05, 3.63) is 41.0 Å². The number of hydrogen-bond donors (Lipinski definition) is 1. The molecule has 0 atom stereocenters. The van der Waals surface area contributed by atoms with Crippen LogP contribution in [0.25, 0.3) is 10.9 Å². The van der Waals surface area contributed by atoms with E-state index in [1.54, 1.807) is 29.6 Å². The van der Waals surface area contributed by atoms with Crippen molar-refractivity contribution in [3.63, 3.8) is 0 Å². The van der Waals surface area contributed by atoms with Crippen LogP contribution in [0.1, 0.15) is 10.5 Å². The number of hydrogen-bond acceptors (Lipinski definition) is 2. The summed E-state index contributed by atoms with van der Waals surface area (Å²) < 4.78 is 36.0. The summed E-state index contributed by atoms with van der Waals surface area (Å²) in [5, 5.41) is 2.65. The van der Waals surface area contributed by atoms with Gasteiger partial charge >= 0.3 is 6.18 Å². The summed E-state index contributed by atoms with van der Waals surface area (Å²) in [4.78, 5) is 15.5. The lowest BCUT2D eigenvalue weighted by molar-refractivity contribution is -0.123. The zero-order chi connectivity index (χ0) is 14.0. The van der Waals surface area contributed by atoms with Gasteiger partial charge in [0.15, 0.2) is 0 Å². The highest BCUT2D eigenvalue weighted by Gasteiger charge is 2.28. The molecule has 0 aliphatic carbocycles. The molecular weight excluding hydrogens is 281 g/mol. The molecule has 1 amide bonds. The molecule has 7 heteroatoms. The quantitative estimate of drug-likeness (QED) is 0.922. The molecule has 1 aromatic carbocycles. The fourth-order valence-corrected chi connectivity index (χ4v) is 1.78. The Bertz CT molecular complexity index is 628. The van der Waals surface area contributed by atoms with E-state index in [9.17, 15) is 18.0 Å². The maximum absolute atomic E-state index is 12.0. The minimum atomic E-state index is -4.46. The number of fused-ring (bicyclic) bond motifs is 1. The van der Waals surface area contributed by atoms with Gasteiger partial charge in [-0.1, -0.05) is 29.8 Å². The second-order valence-electron chi connectivity index (χ2n) is 3.80. The number of nitrogens with zero attached hydrogens (tertiary/aromatic N) is 1. The minimum absolute atomic E-state index is 0.145. The molecule has 0 saturated heterocycles. The highest BCUT2D eigenvalue weighted by molar-refractivity contribution is 6.35. The normalized spacial score (nSPS) is 11.6. The Morgan fingerprint density at radius 1 is 1.32 bits per heavy atom. The Labute approximate surface area is 111 Å². The van der Waals surface area contributed by atoms with Gasteiger partial charge in [-0.25, -0.2) is 4.98 Å². The Hall–Kier alpha value is -1.82. The molecule has 19 heavy (non-hydrogen) atoms. The lowest BCUT2D eigenvalue weighted by Crippen LogP contribution is -2.34. The summed E-state index contributed by atoms with van der Waals surface area (Å²) in [6.07, 6.45) is -4.46. The number of rotatable bonds is 2. The topological polar surface area (TPSA) is 42.0 Å². The highest BCUT2D eigenvalue weighted by Crippen LogP contribution is 2.22. The number of nitrogens with one attached hydrogen (secondary N) is 1. The van der Waals surface area contributed by atoms with Crippen LogP contribution in [0, 0.1) is 0 Å². The van der Waals surface area contributed by atoms with Crippen LogP contribution in [0.15, 0.2) is 30.3 Å². The number of halogens is 4. The van der Waals surface area contributed by atoms with Gasteiger partial charge in [-0.05, 0) is 12.1 Å². The molecule has 0 bridgehead atoms. The molecule has 1 aromatic heterocycles. The van der Waals surface area contributed by atoms with Crippen LogP contribution in [-0.2, 0) is 0 Å². The van der Waals surface area contributed by atoms with Gasteiger partial charge in [-0.3, -0.25) is 4.79 Å². The van der Waals surface area contributed by atoms with Crippen LogP contribution in [-0.4, -0.2) is 23.6 Å². The molecule has 3 nitrogen and oxygen atoms in total. The van der Waals surface area contributed by atoms with Crippen molar-refractivity contribution in [1.82, 2.24) is 10.3 Å². The summed E-state index contributed by atoms with van der Waals surface area (Å²) in [5.74, 6) is -0.912. The molecule has 0 aliphatic rings. The maximum Gasteiger partial charge on any atom is 0.405 e. The molecule has 1 heterocycles. The van der Waals surface area contributed by atoms with E-state index in [1.807, 2.05) is 0 Å². The predicted octanol–water partition coefficient (Wildman–Crippen LogP) is 3.18. The lowest BCUT2D eigenvalue weighted by Gasteiger charge is -2.09. The standard InChI is InChI=1S/C12H8ClF3N2O/c13-8-5-10(11(19)17-6-12(14,15)16)18-9-4-2-1-3-7(8)9/h1-5H,6H2,(H,17,19). The average molecular weight is 289 g/mol. The zero-order valence-electron chi connectivity index (χ0n) is 9.46. The molecule has 0 radical (unpaired) electrons. The number of benzene rings is 1. The molecule has 0 saturated carbocycles. The van der Waals surface area contributed by atoms with Crippen molar-refractivity contribution in [3.8, 4) is 0 Å². The monoisotopic (exact) mass is 288 g/mol. The summed E-state index contributed by atoms with van der Waals surface area (Å²) >= 11 is 5.95. The van der Waals surface area contributed by atoms with Gasteiger partial charge < -0.3 is 5.32 Å². The number of pyridine rings is 1. The highest BCUT2D eigenvalue weighted by atomic mass is 35.5. The lowest BCUT2D eigenvalue weighted by atomic mass is 10.2. The van der Waals surface area contributed by atoms with Crippen molar-refractivity contribution < 1.29 is 18.0 Å². The van der Waals surface area contributed by atoms with Crippen LogP contribution < -0.4 is 5.32 Å². The fraction of sp³-hybridized carbons (Fsp3) is 0.167. The maximum atomic E-state index is 12.0. The van der Waals surface area contributed by atoms with Crippen LogP contribution >= 0.6 is 11.6 Å². The fourth-order valence-electron chi connectivity index (χ4n) is 1.52. The van der Waals surface area contributed by atoms with E-state index < -0.39 is 18.6 Å². The first-order chi connectivity index (χ1) is 8.87. The number of para-hydroxylation sites is 1. The Morgan fingerprint density at radius 2 is 2.00 bits per heavy atom. The van der Waals surface area contributed by atoms with Gasteiger partial charge in [0.2, 0.25) is 0 Å². The second-order valence-corrected chi connectivity index (χ2v) is 4.21. The van der Waals surface area contributed by atoms with Gasteiger partial charge in [-0.2, -0.15) is 13.2 Å². The van der Waals surface area contributed by atoms with Gasteiger partial charge in [0, 0.05) is 5.39 Å². The molecule has 2 aromatic rings. The molecule has 0 fully saturated rings. The second kappa shape index (κ2) is 5.05. The largest absolute Gasteiger partial charge is 0.405 e. The number of carbonyl (C=O) groups is 1. The minimum Gasteiger partial charge on any atom is -0.342 e. The molecule has 0 spiro atoms. The number of alkyl halides is 3. The van der Waals surface area contributed by atoms with E-state index in [-0.39, 0.29) is 10.7 Å². The SMILES string of the molecule is O=C(NCC(F)(F)F)c1cc(Cl)c2ccccc2n1. The summed E-state index contributed by atoms with van der Waals surface area (Å²) in [7, 11) is 0. The van der Waals surface area contributed by atoms with Crippen molar-refractivity contribution >= 4 is 28.4 Å². The smallest absolute Gasteiger partial charge is 0.342 e. The average Bonchev–Trinajstić information content (AvgIpc) is 2.35. The number of aromatic nitrogens is 1. The van der Waals surface area contributed by atoms with Crippen molar-refractivity contribution in [2.75, 3.05) is 6.54 Å². The van der Waals surface area contributed by atoms with Crippen molar-refractivity contribution in [2.24, 2.45) is 0 Å². The third-order valence-electron chi connectivity index (χ3n) is 2.35. The van der Waals surface area contributed by atoms with Crippen LogP contribution in [0.2, 0.25) is 5.02 Å². The van der Waals surface area contributed by atoms with Crippen molar-refractivity contribution in [2.45, 2.75) is 6.18 Å². The first kappa shape index (κ1) is 13.6. The van der Waals surface area contributed by atoms with Gasteiger partial charge in [0.05, 0.1) is 10.5 Å². The van der Waals surface area contributed by atoms with E-state index in [2.05, 4.69) is 4.98 Å². The third kappa shape index (κ3) is 3.35. The molecule has 0 unspecified atom stereocenters. The number of amides is 1. The van der Waals surface area contributed by atoms with E-state index in [0.717, 1.165) is 0 Å². The Balaban J connectivity index is 2.28. The van der Waals surface area contributed by atoms with Crippen LogP contribution in [0.5, 0.6) is 0 Å². The molecule has 0 aliphatic heterocycles. The Kier molecular flexibility index (Phi) is 3.61. The molecular formula is C12H8ClF3N2O. The summed E-state index contributed by atoms with van der Waals surface area (Å²) in [5.41, 5.74) is 0.306. The zero-order valence-corrected chi connectivity index (χ0v) is 10.2. The first-order valence-corrected chi connectivity index (χ1v) is 5.65. The van der Waals surface area contributed by atoms with Gasteiger partial charge in [0.1, 0.15) is 12.2 Å².